The summed E-state index contributed by atoms with van der Waals surface area (Å²) in [5, 5.41) is 3.46. The van der Waals surface area contributed by atoms with Gasteiger partial charge < -0.3 is 10.1 Å². The molecule has 0 saturated heterocycles. The summed E-state index contributed by atoms with van der Waals surface area (Å²) in [5.74, 6) is 1.16. The highest BCUT2D eigenvalue weighted by Crippen LogP contribution is 2.33. The van der Waals surface area contributed by atoms with E-state index in [0.29, 0.717) is 12.5 Å². The first-order chi connectivity index (χ1) is 9.74. The summed E-state index contributed by atoms with van der Waals surface area (Å²) in [6, 6.07) is 15.0. The van der Waals surface area contributed by atoms with Gasteiger partial charge >= 0.3 is 0 Å². The second-order valence-electron chi connectivity index (χ2n) is 5.23. The van der Waals surface area contributed by atoms with Crippen LogP contribution in [0.1, 0.15) is 30.0 Å². The minimum atomic E-state index is -0.189. The van der Waals surface area contributed by atoms with E-state index in [4.69, 9.17) is 4.74 Å². The van der Waals surface area contributed by atoms with Crippen LogP contribution in [-0.2, 0) is 0 Å². The number of fused-ring (bicyclic) bond motifs is 1. The molecule has 0 amide bonds. The van der Waals surface area contributed by atoms with Crippen LogP contribution >= 0.6 is 0 Å². The van der Waals surface area contributed by atoms with Crippen molar-refractivity contribution >= 4 is 0 Å². The van der Waals surface area contributed by atoms with E-state index in [2.05, 4.69) is 18.3 Å². The summed E-state index contributed by atoms with van der Waals surface area (Å²) in [4.78, 5) is 0. The average Bonchev–Trinajstić information content (AvgIpc) is 2.88. The molecule has 0 radical (unpaired) electrons. The molecule has 0 saturated carbocycles. The van der Waals surface area contributed by atoms with Crippen LogP contribution in [0.5, 0.6) is 5.75 Å². The first-order valence-corrected chi connectivity index (χ1v) is 6.94. The lowest BCUT2D eigenvalue weighted by Crippen LogP contribution is -2.25. The Morgan fingerprint density at radius 3 is 2.95 bits per heavy atom. The van der Waals surface area contributed by atoms with Gasteiger partial charge in [0.15, 0.2) is 0 Å². The van der Waals surface area contributed by atoms with Crippen LogP contribution in [-0.4, -0.2) is 13.2 Å². The summed E-state index contributed by atoms with van der Waals surface area (Å²) in [7, 11) is 0. The van der Waals surface area contributed by atoms with Crippen molar-refractivity contribution in [3.05, 3.63) is 65.5 Å². The number of hydrogen-bond acceptors (Lipinski definition) is 2. The van der Waals surface area contributed by atoms with Crippen LogP contribution < -0.4 is 10.1 Å². The summed E-state index contributed by atoms with van der Waals surface area (Å²) in [6.07, 6.45) is 0. The molecule has 0 fully saturated rings. The molecule has 1 aliphatic heterocycles. The number of para-hydroxylation sites is 1. The van der Waals surface area contributed by atoms with E-state index in [9.17, 15) is 4.39 Å². The normalized spacial score (nSPS) is 18.4. The molecule has 0 bridgehead atoms. The Kier molecular flexibility index (Phi) is 3.70. The van der Waals surface area contributed by atoms with E-state index in [1.165, 1.54) is 11.6 Å². The number of ether oxygens (including phenoxy) is 1. The fraction of sp³-hybridized carbons (Fsp3) is 0.294. The van der Waals surface area contributed by atoms with Crippen molar-refractivity contribution < 1.29 is 9.13 Å². The minimum absolute atomic E-state index is 0.124. The lowest BCUT2D eigenvalue weighted by atomic mass is 10.0. The Balaban J connectivity index is 1.63. The molecular weight excluding hydrogens is 253 g/mol. The molecule has 1 N–H and O–H groups in total. The van der Waals surface area contributed by atoms with Gasteiger partial charge in [0.25, 0.3) is 0 Å². The third-order valence-corrected chi connectivity index (χ3v) is 3.82. The average molecular weight is 271 g/mol. The molecule has 2 atom stereocenters. The van der Waals surface area contributed by atoms with Gasteiger partial charge in [0, 0.05) is 24.1 Å². The van der Waals surface area contributed by atoms with Crippen molar-refractivity contribution in [3.63, 3.8) is 0 Å². The third kappa shape index (κ3) is 2.68. The van der Waals surface area contributed by atoms with E-state index in [-0.39, 0.29) is 11.9 Å². The largest absolute Gasteiger partial charge is 0.493 e. The Morgan fingerprint density at radius 2 is 2.10 bits per heavy atom. The summed E-state index contributed by atoms with van der Waals surface area (Å²) >= 11 is 0. The van der Waals surface area contributed by atoms with Gasteiger partial charge in [0.05, 0.1) is 6.61 Å². The van der Waals surface area contributed by atoms with Gasteiger partial charge in [0.1, 0.15) is 11.6 Å². The molecule has 3 rings (SSSR count). The number of halogens is 1. The van der Waals surface area contributed by atoms with Crippen LogP contribution in [0, 0.1) is 5.82 Å². The highest BCUT2D eigenvalue weighted by molar-refractivity contribution is 5.39. The predicted octanol–water partition coefficient (Wildman–Crippen LogP) is 3.65. The molecule has 0 aromatic heterocycles. The van der Waals surface area contributed by atoms with Gasteiger partial charge in [-0.2, -0.15) is 0 Å². The number of rotatable bonds is 4. The van der Waals surface area contributed by atoms with Crippen LogP contribution in [0.4, 0.5) is 4.39 Å². The first kappa shape index (κ1) is 13.1. The third-order valence-electron chi connectivity index (χ3n) is 3.82. The van der Waals surface area contributed by atoms with Gasteiger partial charge in [-0.25, -0.2) is 4.39 Å². The molecule has 1 aliphatic rings. The summed E-state index contributed by atoms with van der Waals surface area (Å²) in [6.45, 7) is 3.59. The molecule has 2 aromatic carbocycles. The molecule has 3 heteroatoms. The Morgan fingerprint density at radius 1 is 1.25 bits per heavy atom. The standard InChI is InChI=1S/C17H18FNO/c1-12(13-5-4-6-15(18)9-13)19-10-14-11-20-17-8-3-2-7-16(14)17/h2-9,12,14,19H,10-11H2,1H3. The van der Waals surface area contributed by atoms with Crippen molar-refractivity contribution in [2.24, 2.45) is 0 Å². The fourth-order valence-electron chi connectivity index (χ4n) is 2.61. The van der Waals surface area contributed by atoms with Crippen molar-refractivity contribution in [1.82, 2.24) is 5.32 Å². The Hall–Kier alpha value is -1.87. The van der Waals surface area contributed by atoms with Crippen LogP contribution in [0.15, 0.2) is 48.5 Å². The van der Waals surface area contributed by atoms with Gasteiger partial charge in [-0.05, 0) is 30.7 Å². The predicted molar refractivity (Wildman–Crippen MR) is 77.5 cm³/mol. The number of hydrogen-bond donors (Lipinski definition) is 1. The molecule has 2 nitrogen and oxygen atoms in total. The second-order valence-corrected chi connectivity index (χ2v) is 5.23. The molecular formula is C17H18FNO. The van der Waals surface area contributed by atoms with Crippen LogP contribution in [0.2, 0.25) is 0 Å². The van der Waals surface area contributed by atoms with Crippen molar-refractivity contribution in [1.29, 1.82) is 0 Å². The smallest absolute Gasteiger partial charge is 0.123 e. The quantitative estimate of drug-likeness (QED) is 0.916. The molecule has 0 aliphatic carbocycles. The highest BCUT2D eigenvalue weighted by Gasteiger charge is 2.23. The molecule has 104 valence electrons. The summed E-state index contributed by atoms with van der Waals surface area (Å²) in [5.41, 5.74) is 2.23. The van der Waals surface area contributed by atoms with E-state index in [0.717, 1.165) is 17.9 Å². The maximum Gasteiger partial charge on any atom is 0.123 e. The zero-order valence-corrected chi connectivity index (χ0v) is 11.5. The number of nitrogens with one attached hydrogen (secondary N) is 1. The lowest BCUT2D eigenvalue weighted by Gasteiger charge is -2.17. The van der Waals surface area contributed by atoms with E-state index < -0.39 is 0 Å². The molecule has 1 heterocycles. The van der Waals surface area contributed by atoms with E-state index >= 15 is 0 Å². The van der Waals surface area contributed by atoms with Crippen molar-refractivity contribution in [2.75, 3.05) is 13.2 Å². The highest BCUT2D eigenvalue weighted by atomic mass is 19.1. The van der Waals surface area contributed by atoms with Crippen molar-refractivity contribution in [3.8, 4) is 5.75 Å². The van der Waals surface area contributed by atoms with Crippen LogP contribution in [0.3, 0.4) is 0 Å². The van der Waals surface area contributed by atoms with Gasteiger partial charge in [-0.1, -0.05) is 30.3 Å². The molecule has 0 spiro atoms. The fourth-order valence-corrected chi connectivity index (χ4v) is 2.61. The SMILES string of the molecule is CC(NCC1COc2ccccc21)c1cccc(F)c1. The van der Waals surface area contributed by atoms with E-state index in [1.807, 2.05) is 24.3 Å². The molecule has 20 heavy (non-hydrogen) atoms. The first-order valence-electron chi connectivity index (χ1n) is 6.94. The monoisotopic (exact) mass is 271 g/mol. The topological polar surface area (TPSA) is 21.3 Å². The lowest BCUT2D eigenvalue weighted by molar-refractivity contribution is 0.323. The second kappa shape index (κ2) is 5.63. The number of benzene rings is 2. The summed E-state index contributed by atoms with van der Waals surface area (Å²) < 4.78 is 18.9. The zero-order chi connectivity index (χ0) is 13.9. The van der Waals surface area contributed by atoms with Gasteiger partial charge in [0.2, 0.25) is 0 Å². The van der Waals surface area contributed by atoms with Crippen molar-refractivity contribution in [2.45, 2.75) is 18.9 Å². The molecule has 2 aromatic rings. The Labute approximate surface area is 118 Å². The zero-order valence-electron chi connectivity index (χ0n) is 11.5. The molecule has 2 unspecified atom stereocenters. The minimum Gasteiger partial charge on any atom is -0.493 e. The Bertz CT molecular complexity index is 599. The van der Waals surface area contributed by atoms with Crippen LogP contribution in [0.25, 0.3) is 0 Å². The van der Waals surface area contributed by atoms with Gasteiger partial charge in [-0.3, -0.25) is 0 Å². The maximum absolute atomic E-state index is 13.2. The maximum atomic E-state index is 13.2. The van der Waals surface area contributed by atoms with Gasteiger partial charge in [-0.15, -0.1) is 0 Å². The van der Waals surface area contributed by atoms with E-state index in [1.54, 1.807) is 12.1 Å².